The summed E-state index contributed by atoms with van der Waals surface area (Å²) in [4.78, 5) is 20.0. The number of aromatic nitrogens is 3. The van der Waals surface area contributed by atoms with E-state index in [0.29, 0.717) is 10.3 Å². The number of imidazole rings is 1. The van der Waals surface area contributed by atoms with Crippen LogP contribution in [-0.4, -0.2) is 20.4 Å². The highest BCUT2D eigenvalue weighted by Gasteiger charge is 2.09. The highest BCUT2D eigenvalue weighted by molar-refractivity contribution is 7.71. The van der Waals surface area contributed by atoms with Crippen LogP contribution in [0.25, 0.3) is 16.9 Å². The summed E-state index contributed by atoms with van der Waals surface area (Å²) in [5.74, 6) is -0.161. The monoisotopic (exact) mass is 392 g/mol. The van der Waals surface area contributed by atoms with Crippen LogP contribution in [0.1, 0.15) is 15.4 Å². The number of aryl methyl sites for hydroxylation is 1. The van der Waals surface area contributed by atoms with E-state index in [1.807, 2.05) is 59.5 Å². The first-order valence-electron chi connectivity index (χ1n) is 8.30. The van der Waals surface area contributed by atoms with Crippen molar-refractivity contribution in [3.63, 3.8) is 0 Å². The number of carbonyl (C=O) groups excluding carboxylic acids is 1. The van der Waals surface area contributed by atoms with Crippen molar-refractivity contribution in [1.29, 1.82) is 0 Å². The van der Waals surface area contributed by atoms with Crippen LogP contribution < -0.4 is 5.32 Å². The minimum atomic E-state index is -0.161. The molecule has 0 atom stereocenters. The Kier molecular flexibility index (Phi) is 4.70. The van der Waals surface area contributed by atoms with Crippen molar-refractivity contribution in [2.75, 3.05) is 5.32 Å². The van der Waals surface area contributed by atoms with Crippen LogP contribution in [0.3, 0.4) is 0 Å². The Balaban J connectivity index is 1.52. The maximum atomic E-state index is 12.6. The number of anilines is 1. The standard InChI is InChI=1S/C20H16N4OS2/c1-13-22-18(12-27-13)15-3-2-4-16(11-15)23-19(25)14-5-7-17(8-6-14)24-10-9-21-20(24)26/h2-12H,1H3,(H,21,26)(H,23,25). The molecule has 27 heavy (non-hydrogen) atoms. The smallest absolute Gasteiger partial charge is 0.255 e. The number of carbonyl (C=O) groups is 1. The number of benzene rings is 2. The Labute approximate surface area is 165 Å². The average Bonchev–Trinajstić information content (AvgIpc) is 3.30. The summed E-state index contributed by atoms with van der Waals surface area (Å²) < 4.78 is 2.46. The van der Waals surface area contributed by atoms with Crippen molar-refractivity contribution in [3.05, 3.63) is 81.6 Å². The summed E-state index contributed by atoms with van der Waals surface area (Å²) >= 11 is 6.82. The summed E-state index contributed by atoms with van der Waals surface area (Å²) in [6.07, 6.45) is 3.63. The van der Waals surface area contributed by atoms with Crippen molar-refractivity contribution in [2.24, 2.45) is 0 Å². The molecule has 0 spiro atoms. The average molecular weight is 393 g/mol. The molecular weight excluding hydrogens is 376 g/mol. The van der Waals surface area contributed by atoms with E-state index in [-0.39, 0.29) is 5.91 Å². The zero-order valence-electron chi connectivity index (χ0n) is 14.5. The summed E-state index contributed by atoms with van der Waals surface area (Å²) in [5.41, 5.74) is 4.12. The van der Waals surface area contributed by atoms with Gasteiger partial charge in [-0.15, -0.1) is 11.3 Å². The fourth-order valence-electron chi connectivity index (χ4n) is 2.75. The van der Waals surface area contributed by atoms with E-state index in [9.17, 15) is 4.79 Å². The van der Waals surface area contributed by atoms with Gasteiger partial charge in [0.2, 0.25) is 0 Å². The number of nitrogens with zero attached hydrogens (tertiary/aromatic N) is 2. The van der Waals surface area contributed by atoms with Gasteiger partial charge in [0, 0.05) is 40.3 Å². The Bertz CT molecular complexity index is 1150. The molecule has 0 saturated carbocycles. The fourth-order valence-corrected chi connectivity index (χ4v) is 3.61. The van der Waals surface area contributed by atoms with Crippen LogP contribution in [0.4, 0.5) is 5.69 Å². The maximum Gasteiger partial charge on any atom is 0.255 e. The Morgan fingerprint density at radius 1 is 1.22 bits per heavy atom. The molecule has 5 nitrogen and oxygen atoms in total. The van der Waals surface area contributed by atoms with E-state index < -0.39 is 0 Å². The van der Waals surface area contributed by atoms with Gasteiger partial charge in [-0.1, -0.05) is 12.1 Å². The van der Waals surface area contributed by atoms with Crippen LogP contribution in [-0.2, 0) is 0 Å². The predicted molar refractivity (Wildman–Crippen MR) is 111 cm³/mol. The second kappa shape index (κ2) is 7.30. The van der Waals surface area contributed by atoms with Gasteiger partial charge in [0.1, 0.15) is 0 Å². The predicted octanol–water partition coefficient (Wildman–Crippen LogP) is 5.22. The van der Waals surface area contributed by atoms with Crippen LogP contribution in [0.2, 0.25) is 0 Å². The first-order chi connectivity index (χ1) is 13.1. The molecule has 2 aromatic carbocycles. The van der Waals surface area contributed by atoms with Crippen molar-refractivity contribution in [3.8, 4) is 16.9 Å². The zero-order chi connectivity index (χ0) is 18.8. The van der Waals surface area contributed by atoms with Crippen molar-refractivity contribution < 1.29 is 4.79 Å². The van der Waals surface area contributed by atoms with Gasteiger partial charge in [-0.3, -0.25) is 9.36 Å². The van der Waals surface area contributed by atoms with Crippen LogP contribution in [0.5, 0.6) is 0 Å². The van der Waals surface area contributed by atoms with E-state index in [1.165, 1.54) is 0 Å². The molecular formula is C20H16N4OS2. The van der Waals surface area contributed by atoms with Gasteiger partial charge >= 0.3 is 0 Å². The number of thiazole rings is 1. The lowest BCUT2D eigenvalue weighted by atomic mass is 10.1. The quantitative estimate of drug-likeness (QED) is 0.468. The number of nitrogens with one attached hydrogen (secondary N) is 2. The summed E-state index contributed by atoms with van der Waals surface area (Å²) in [7, 11) is 0. The van der Waals surface area contributed by atoms with Gasteiger partial charge in [0.05, 0.1) is 10.7 Å². The van der Waals surface area contributed by atoms with Gasteiger partial charge in [-0.05, 0) is 55.5 Å². The number of hydrogen-bond acceptors (Lipinski definition) is 4. The number of hydrogen-bond donors (Lipinski definition) is 2. The van der Waals surface area contributed by atoms with E-state index in [1.54, 1.807) is 29.7 Å². The lowest BCUT2D eigenvalue weighted by Gasteiger charge is -2.08. The third-order valence-electron chi connectivity index (χ3n) is 4.09. The Morgan fingerprint density at radius 3 is 2.70 bits per heavy atom. The minimum Gasteiger partial charge on any atom is -0.337 e. The normalized spacial score (nSPS) is 10.7. The molecule has 0 aliphatic heterocycles. The molecule has 2 aromatic heterocycles. The largest absolute Gasteiger partial charge is 0.337 e. The maximum absolute atomic E-state index is 12.6. The molecule has 0 aliphatic rings. The molecule has 0 unspecified atom stereocenters. The summed E-state index contributed by atoms with van der Waals surface area (Å²) in [6.45, 7) is 1.98. The lowest BCUT2D eigenvalue weighted by Crippen LogP contribution is -2.12. The SMILES string of the molecule is Cc1nc(-c2cccc(NC(=O)c3ccc(-n4cc[nH]c4=S)cc3)c2)cs1. The molecule has 0 bridgehead atoms. The molecule has 0 saturated heterocycles. The number of amides is 1. The molecule has 7 heteroatoms. The molecule has 4 aromatic rings. The Hall–Kier alpha value is -3.03. The van der Waals surface area contributed by atoms with Crippen LogP contribution >= 0.6 is 23.6 Å². The number of aromatic amines is 1. The topological polar surface area (TPSA) is 62.7 Å². The van der Waals surface area contributed by atoms with E-state index >= 15 is 0 Å². The van der Waals surface area contributed by atoms with Crippen molar-refractivity contribution in [1.82, 2.24) is 14.5 Å². The molecule has 0 fully saturated rings. The first-order valence-corrected chi connectivity index (χ1v) is 9.59. The van der Waals surface area contributed by atoms with Crippen LogP contribution in [0.15, 0.2) is 66.3 Å². The Morgan fingerprint density at radius 2 is 2.04 bits per heavy atom. The number of H-pyrrole nitrogens is 1. The number of rotatable bonds is 4. The van der Waals surface area contributed by atoms with Crippen LogP contribution in [0, 0.1) is 11.7 Å². The summed E-state index contributed by atoms with van der Waals surface area (Å²) in [6, 6.07) is 15.0. The molecule has 1 amide bonds. The third-order valence-corrected chi connectivity index (χ3v) is 5.18. The molecule has 0 aliphatic carbocycles. The van der Waals surface area contributed by atoms with E-state index in [0.717, 1.165) is 27.6 Å². The summed E-state index contributed by atoms with van der Waals surface area (Å²) in [5, 5.41) is 5.97. The van der Waals surface area contributed by atoms with Gasteiger partial charge in [-0.2, -0.15) is 0 Å². The lowest BCUT2D eigenvalue weighted by molar-refractivity contribution is 0.102. The van der Waals surface area contributed by atoms with Gasteiger partial charge in [-0.25, -0.2) is 4.98 Å². The highest BCUT2D eigenvalue weighted by atomic mass is 32.1. The first kappa shape index (κ1) is 17.4. The third kappa shape index (κ3) is 3.74. The van der Waals surface area contributed by atoms with E-state index in [4.69, 9.17) is 12.2 Å². The molecule has 2 heterocycles. The molecule has 4 rings (SSSR count). The van der Waals surface area contributed by atoms with Gasteiger partial charge in [0.25, 0.3) is 5.91 Å². The fraction of sp³-hybridized carbons (Fsp3) is 0.0500. The molecule has 0 radical (unpaired) electrons. The van der Waals surface area contributed by atoms with Crippen molar-refractivity contribution in [2.45, 2.75) is 6.92 Å². The second-order valence-electron chi connectivity index (χ2n) is 5.97. The molecule has 2 N–H and O–H groups in total. The molecule has 134 valence electrons. The second-order valence-corrected chi connectivity index (χ2v) is 7.42. The van der Waals surface area contributed by atoms with Gasteiger partial charge < -0.3 is 10.3 Å². The van der Waals surface area contributed by atoms with Crippen molar-refractivity contribution >= 4 is 35.1 Å². The van der Waals surface area contributed by atoms with E-state index in [2.05, 4.69) is 15.3 Å². The zero-order valence-corrected chi connectivity index (χ0v) is 16.1. The highest BCUT2D eigenvalue weighted by Crippen LogP contribution is 2.24. The van der Waals surface area contributed by atoms with Gasteiger partial charge in [0.15, 0.2) is 4.77 Å². The minimum absolute atomic E-state index is 0.161.